The fourth-order valence-electron chi connectivity index (χ4n) is 2.70. The number of hydrogen-bond acceptors (Lipinski definition) is 3. The summed E-state index contributed by atoms with van der Waals surface area (Å²) in [5.74, 6) is 0.662. The van der Waals surface area contributed by atoms with Crippen LogP contribution in [0, 0.1) is 0 Å². The molecule has 0 atom stereocenters. The number of rotatable bonds is 9. The number of hydrogen-bond donors (Lipinski definition) is 1. The molecule has 0 heterocycles. The van der Waals surface area contributed by atoms with Crippen molar-refractivity contribution in [3.63, 3.8) is 0 Å². The Kier molecular flexibility index (Phi) is 7.86. The molecule has 144 valence electrons. The largest absolute Gasteiger partial charge is 0.497 e. The third-order valence-electron chi connectivity index (χ3n) is 4.45. The van der Waals surface area contributed by atoms with Gasteiger partial charge in [-0.05, 0) is 54.8 Å². The van der Waals surface area contributed by atoms with Crippen molar-refractivity contribution in [1.82, 2.24) is 10.2 Å². The molecule has 0 radical (unpaired) electrons. The molecule has 0 saturated heterocycles. The molecular formula is C22H28N2O3. The lowest BCUT2D eigenvalue weighted by molar-refractivity contribution is 0.0792. The van der Waals surface area contributed by atoms with Gasteiger partial charge in [-0.15, -0.1) is 0 Å². The van der Waals surface area contributed by atoms with Gasteiger partial charge in [0.15, 0.2) is 0 Å². The van der Waals surface area contributed by atoms with E-state index >= 15 is 0 Å². The lowest BCUT2D eigenvalue weighted by Crippen LogP contribution is -2.28. The molecule has 2 aromatic rings. The van der Waals surface area contributed by atoms with Gasteiger partial charge >= 0.3 is 0 Å². The zero-order valence-electron chi connectivity index (χ0n) is 16.3. The molecule has 2 amide bonds. The number of benzene rings is 2. The standard InChI is InChI=1S/C22H28N2O3/c1-4-5-16-24(2)22(26)19-10-8-18(9-11-19)21(25)23-15-14-17-6-12-20(27-3)13-7-17/h6-13H,4-5,14-16H2,1-3H3,(H,23,25). The van der Waals surface area contributed by atoms with Gasteiger partial charge in [0.1, 0.15) is 5.75 Å². The van der Waals surface area contributed by atoms with E-state index in [4.69, 9.17) is 4.74 Å². The van der Waals surface area contributed by atoms with E-state index in [2.05, 4.69) is 12.2 Å². The van der Waals surface area contributed by atoms with E-state index in [1.54, 1.807) is 43.3 Å². The van der Waals surface area contributed by atoms with E-state index in [0.29, 0.717) is 17.7 Å². The molecule has 0 saturated carbocycles. The summed E-state index contributed by atoms with van der Waals surface area (Å²) < 4.78 is 5.13. The smallest absolute Gasteiger partial charge is 0.253 e. The van der Waals surface area contributed by atoms with E-state index in [1.807, 2.05) is 24.3 Å². The van der Waals surface area contributed by atoms with Crippen LogP contribution in [0.5, 0.6) is 5.75 Å². The highest BCUT2D eigenvalue weighted by atomic mass is 16.5. The second-order valence-electron chi connectivity index (χ2n) is 6.51. The summed E-state index contributed by atoms with van der Waals surface area (Å²) >= 11 is 0. The van der Waals surface area contributed by atoms with Gasteiger partial charge in [0.2, 0.25) is 0 Å². The first-order valence-corrected chi connectivity index (χ1v) is 9.31. The molecule has 0 aliphatic rings. The van der Waals surface area contributed by atoms with Crippen LogP contribution >= 0.6 is 0 Å². The Bertz CT molecular complexity index is 739. The van der Waals surface area contributed by atoms with Crippen molar-refractivity contribution in [3.8, 4) is 5.75 Å². The summed E-state index contributed by atoms with van der Waals surface area (Å²) in [6.45, 7) is 3.38. The summed E-state index contributed by atoms with van der Waals surface area (Å²) in [4.78, 5) is 26.3. The van der Waals surface area contributed by atoms with Crippen molar-refractivity contribution in [2.24, 2.45) is 0 Å². The number of ether oxygens (including phenoxy) is 1. The molecule has 0 fully saturated rings. The lowest BCUT2D eigenvalue weighted by atomic mass is 10.1. The third-order valence-corrected chi connectivity index (χ3v) is 4.45. The summed E-state index contributed by atoms with van der Waals surface area (Å²) in [6, 6.07) is 14.6. The van der Waals surface area contributed by atoms with Crippen molar-refractivity contribution in [2.45, 2.75) is 26.2 Å². The maximum atomic E-state index is 12.3. The second-order valence-corrected chi connectivity index (χ2v) is 6.51. The van der Waals surface area contributed by atoms with E-state index in [9.17, 15) is 9.59 Å². The highest BCUT2D eigenvalue weighted by Gasteiger charge is 2.12. The monoisotopic (exact) mass is 368 g/mol. The normalized spacial score (nSPS) is 10.3. The minimum absolute atomic E-state index is 0.0186. The first kappa shape index (κ1) is 20.5. The third kappa shape index (κ3) is 6.13. The minimum atomic E-state index is -0.137. The maximum Gasteiger partial charge on any atom is 0.253 e. The van der Waals surface area contributed by atoms with Crippen LogP contribution in [0.25, 0.3) is 0 Å². The number of amides is 2. The van der Waals surface area contributed by atoms with Crippen molar-refractivity contribution >= 4 is 11.8 Å². The zero-order chi connectivity index (χ0) is 19.6. The number of nitrogens with one attached hydrogen (secondary N) is 1. The Morgan fingerprint density at radius 2 is 1.63 bits per heavy atom. The Morgan fingerprint density at radius 3 is 2.22 bits per heavy atom. The van der Waals surface area contributed by atoms with Crippen LogP contribution in [0.4, 0.5) is 0 Å². The molecule has 0 aliphatic heterocycles. The van der Waals surface area contributed by atoms with Crippen LogP contribution in [0.3, 0.4) is 0 Å². The van der Waals surface area contributed by atoms with Crippen LogP contribution in [0.2, 0.25) is 0 Å². The molecule has 1 N–H and O–H groups in total. The first-order valence-electron chi connectivity index (χ1n) is 9.31. The molecule has 0 spiro atoms. The number of methoxy groups -OCH3 is 1. The van der Waals surface area contributed by atoms with Gasteiger partial charge in [-0.25, -0.2) is 0 Å². The Balaban J connectivity index is 1.84. The molecule has 0 aromatic heterocycles. The SMILES string of the molecule is CCCCN(C)C(=O)c1ccc(C(=O)NCCc2ccc(OC)cc2)cc1. The van der Waals surface area contributed by atoms with E-state index in [1.165, 1.54) is 0 Å². The molecule has 0 unspecified atom stereocenters. The van der Waals surface area contributed by atoms with Crippen molar-refractivity contribution in [3.05, 3.63) is 65.2 Å². The fourth-order valence-corrected chi connectivity index (χ4v) is 2.70. The molecule has 2 rings (SSSR count). The number of carbonyl (C=O) groups is 2. The quantitative estimate of drug-likeness (QED) is 0.736. The van der Waals surface area contributed by atoms with E-state index in [0.717, 1.165) is 37.1 Å². The Labute approximate surface area is 161 Å². The molecule has 0 bridgehead atoms. The molecule has 0 aliphatic carbocycles. The van der Waals surface area contributed by atoms with Crippen LogP contribution in [-0.4, -0.2) is 44.0 Å². The highest BCUT2D eigenvalue weighted by Crippen LogP contribution is 2.12. The zero-order valence-corrected chi connectivity index (χ0v) is 16.3. The fraction of sp³-hybridized carbons (Fsp3) is 0.364. The predicted molar refractivity (Wildman–Crippen MR) is 107 cm³/mol. The van der Waals surface area contributed by atoms with Crippen LogP contribution in [-0.2, 0) is 6.42 Å². The first-order chi connectivity index (χ1) is 13.0. The van der Waals surface area contributed by atoms with E-state index < -0.39 is 0 Å². The summed E-state index contributed by atoms with van der Waals surface area (Å²) in [7, 11) is 3.44. The molecule has 2 aromatic carbocycles. The van der Waals surface area contributed by atoms with Gasteiger partial charge in [0.25, 0.3) is 11.8 Å². The van der Waals surface area contributed by atoms with Crippen molar-refractivity contribution in [1.29, 1.82) is 0 Å². The lowest BCUT2D eigenvalue weighted by Gasteiger charge is -2.16. The maximum absolute atomic E-state index is 12.3. The predicted octanol–water partition coefficient (Wildman–Crippen LogP) is 3.54. The van der Waals surface area contributed by atoms with Crippen LogP contribution in [0.1, 0.15) is 46.0 Å². The van der Waals surface area contributed by atoms with Crippen LogP contribution < -0.4 is 10.1 Å². The second kappa shape index (κ2) is 10.4. The topological polar surface area (TPSA) is 58.6 Å². The summed E-state index contributed by atoms with van der Waals surface area (Å²) in [5.41, 5.74) is 2.29. The van der Waals surface area contributed by atoms with Gasteiger partial charge in [-0.2, -0.15) is 0 Å². The number of nitrogens with zero attached hydrogens (tertiary/aromatic N) is 1. The van der Waals surface area contributed by atoms with Crippen molar-refractivity contribution < 1.29 is 14.3 Å². The van der Waals surface area contributed by atoms with Gasteiger partial charge in [0.05, 0.1) is 7.11 Å². The minimum Gasteiger partial charge on any atom is -0.497 e. The van der Waals surface area contributed by atoms with Gasteiger partial charge in [0, 0.05) is 31.3 Å². The molecular weight excluding hydrogens is 340 g/mol. The van der Waals surface area contributed by atoms with E-state index in [-0.39, 0.29) is 11.8 Å². The van der Waals surface area contributed by atoms with Crippen LogP contribution in [0.15, 0.2) is 48.5 Å². The molecule has 5 nitrogen and oxygen atoms in total. The van der Waals surface area contributed by atoms with Gasteiger partial charge in [-0.3, -0.25) is 9.59 Å². The molecule has 27 heavy (non-hydrogen) atoms. The Morgan fingerprint density at radius 1 is 1.00 bits per heavy atom. The number of carbonyl (C=O) groups excluding carboxylic acids is 2. The summed E-state index contributed by atoms with van der Waals surface area (Å²) in [6.07, 6.45) is 2.78. The molecule has 5 heteroatoms. The summed E-state index contributed by atoms with van der Waals surface area (Å²) in [5, 5.41) is 2.91. The average molecular weight is 368 g/mol. The average Bonchev–Trinajstić information content (AvgIpc) is 2.72. The van der Waals surface area contributed by atoms with Gasteiger partial charge < -0.3 is 15.0 Å². The highest BCUT2D eigenvalue weighted by molar-refractivity contribution is 5.97. The Hall–Kier alpha value is -2.82. The number of unbranched alkanes of at least 4 members (excludes halogenated alkanes) is 1. The van der Waals surface area contributed by atoms with Gasteiger partial charge in [-0.1, -0.05) is 25.5 Å². The van der Waals surface area contributed by atoms with Crippen molar-refractivity contribution in [2.75, 3.05) is 27.2 Å².